The standard InChI is InChI=1S/C23H35N3O3S/c1-23(2,3)22(28)29-25-13-10-18(11-14-25)9-12-24-15-16-26(21(27)17-24)19-5-7-20(30-4)8-6-19/h5-8,18H,9-17H2,1-4H3. The van der Waals surface area contributed by atoms with Crippen molar-refractivity contribution in [2.45, 2.75) is 44.9 Å². The van der Waals surface area contributed by atoms with Crippen molar-refractivity contribution < 1.29 is 14.4 Å². The quantitative estimate of drug-likeness (QED) is 0.638. The van der Waals surface area contributed by atoms with E-state index in [4.69, 9.17) is 4.84 Å². The summed E-state index contributed by atoms with van der Waals surface area (Å²) in [6, 6.07) is 8.23. The Morgan fingerprint density at radius 2 is 1.77 bits per heavy atom. The normalized spacial score (nSPS) is 19.9. The predicted octanol–water partition coefficient (Wildman–Crippen LogP) is 3.66. The van der Waals surface area contributed by atoms with E-state index in [0.29, 0.717) is 12.5 Å². The molecular weight excluding hydrogens is 398 g/mol. The lowest BCUT2D eigenvalue weighted by molar-refractivity contribution is -0.206. The van der Waals surface area contributed by atoms with Gasteiger partial charge >= 0.3 is 5.97 Å². The third-order valence-electron chi connectivity index (χ3n) is 5.94. The van der Waals surface area contributed by atoms with Gasteiger partial charge in [-0.05, 0) is 83.0 Å². The number of carbonyl (C=O) groups excluding carboxylic acids is 2. The Balaban J connectivity index is 1.38. The Morgan fingerprint density at radius 1 is 1.10 bits per heavy atom. The van der Waals surface area contributed by atoms with Gasteiger partial charge in [0.25, 0.3) is 0 Å². The second-order valence-electron chi connectivity index (χ2n) is 9.31. The van der Waals surface area contributed by atoms with E-state index in [1.807, 2.05) is 42.9 Å². The zero-order valence-electron chi connectivity index (χ0n) is 18.7. The van der Waals surface area contributed by atoms with Gasteiger partial charge in [0.2, 0.25) is 5.91 Å². The van der Waals surface area contributed by atoms with Gasteiger partial charge in [-0.15, -0.1) is 16.8 Å². The lowest BCUT2D eigenvalue weighted by atomic mass is 9.94. The number of thioether (sulfide) groups is 1. The van der Waals surface area contributed by atoms with E-state index >= 15 is 0 Å². The molecule has 0 radical (unpaired) electrons. The number of benzene rings is 1. The van der Waals surface area contributed by atoms with E-state index in [1.165, 1.54) is 4.90 Å². The average Bonchev–Trinajstić information content (AvgIpc) is 2.73. The summed E-state index contributed by atoms with van der Waals surface area (Å²) >= 11 is 1.71. The van der Waals surface area contributed by atoms with Crippen molar-refractivity contribution >= 4 is 29.3 Å². The maximum atomic E-state index is 12.7. The Bertz CT molecular complexity index is 724. The van der Waals surface area contributed by atoms with Gasteiger partial charge in [-0.1, -0.05) is 0 Å². The highest BCUT2D eigenvalue weighted by Gasteiger charge is 2.29. The van der Waals surface area contributed by atoms with Crippen molar-refractivity contribution in [1.82, 2.24) is 9.96 Å². The summed E-state index contributed by atoms with van der Waals surface area (Å²) in [6.07, 6.45) is 5.22. The molecule has 0 spiro atoms. The van der Waals surface area contributed by atoms with Gasteiger partial charge < -0.3 is 9.74 Å². The fourth-order valence-corrected chi connectivity index (χ4v) is 4.26. The number of piperazine rings is 1. The average molecular weight is 434 g/mol. The van der Waals surface area contributed by atoms with Crippen molar-refractivity contribution in [3.8, 4) is 0 Å². The minimum atomic E-state index is -0.470. The van der Waals surface area contributed by atoms with Crippen molar-refractivity contribution in [3.63, 3.8) is 0 Å². The third kappa shape index (κ3) is 6.22. The molecule has 1 amide bonds. The van der Waals surface area contributed by atoms with Gasteiger partial charge in [-0.3, -0.25) is 9.69 Å². The molecule has 30 heavy (non-hydrogen) atoms. The van der Waals surface area contributed by atoms with Crippen LogP contribution >= 0.6 is 11.8 Å². The zero-order valence-corrected chi connectivity index (χ0v) is 19.5. The van der Waals surface area contributed by atoms with Gasteiger partial charge in [0.15, 0.2) is 0 Å². The largest absolute Gasteiger partial charge is 0.367 e. The SMILES string of the molecule is CSc1ccc(N2CCN(CCC3CCN(OC(=O)C(C)(C)C)CC3)CC2=O)cc1. The Labute approximate surface area is 184 Å². The maximum Gasteiger partial charge on any atom is 0.330 e. The fourth-order valence-electron chi connectivity index (χ4n) is 3.86. The molecule has 166 valence electrons. The summed E-state index contributed by atoms with van der Waals surface area (Å²) in [5, 5.41) is 1.81. The van der Waals surface area contributed by atoms with E-state index < -0.39 is 5.41 Å². The molecule has 1 aromatic rings. The van der Waals surface area contributed by atoms with Gasteiger partial charge in [-0.2, -0.15) is 0 Å². The van der Waals surface area contributed by atoms with Gasteiger partial charge in [-0.25, -0.2) is 4.79 Å². The topological polar surface area (TPSA) is 53.1 Å². The molecule has 2 fully saturated rings. The van der Waals surface area contributed by atoms with Crippen LogP contribution in [0.1, 0.15) is 40.0 Å². The summed E-state index contributed by atoms with van der Waals surface area (Å²) in [6.45, 7) is 10.3. The molecule has 0 aliphatic carbocycles. The number of hydrogen-bond acceptors (Lipinski definition) is 6. The Morgan fingerprint density at radius 3 is 2.33 bits per heavy atom. The molecule has 0 unspecified atom stereocenters. The van der Waals surface area contributed by atoms with Crippen LogP contribution in [0.4, 0.5) is 5.69 Å². The first-order valence-corrected chi connectivity index (χ1v) is 12.1. The monoisotopic (exact) mass is 433 g/mol. The molecule has 2 saturated heterocycles. The Hall–Kier alpha value is -1.57. The number of hydrogen-bond donors (Lipinski definition) is 0. The minimum absolute atomic E-state index is 0.166. The first-order valence-electron chi connectivity index (χ1n) is 10.9. The molecule has 0 bridgehead atoms. The van der Waals surface area contributed by atoms with Crippen LogP contribution < -0.4 is 4.90 Å². The van der Waals surface area contributed by atoms with Crippen LogP contribution in [0, 0.1) is 11.3 Å². The predicted molar refractivity (Wildman–Crippen MR) is 121 cm³/mol. The summed E-state index contributed by atoms with van der Waals surface area (Å²) < 4.78 is 0. The Kier molecular flexibility index (Phi) is 7.82. The highest BCUT2D eigenvalue weighted by atomic mass is 32.2. The van der Waals surface area contributed by atoms with Crippen LogP contribution in [0.2, 0.25) is 0 Å². The van der Waals surface area contributed by atoms with E-state index in [2.05, 4.69) is 23.3 Å². The molecule has 2 aliphatic heterocycles. The second kappa shape index (κ2) is 10.2. The van der Waals surface area contributed by atoms with Crippen LogP contribution in [0.25, 0.3) is 0 Å². The van der Waals surface area contributed by atoms with Gasteiger partial charge in [0.05, 0.1) is 12.0 Å². The number of piperidine rings is 1. The number of rotatable bonds is 6. The molecule has 3 rings (SSSR count). The summed E-state index contributed by atoms with van der Waals surface area (Å²) in [7, 11) is 0. The smallest absolute Gasteiger partial charge is 0.330 e. The second-order valence-corrected chi connectivity index (χ2v) is 10.2. The number of nitrogens with zero attached hydrogens (tertiary/aromatic N) is 3. The minimum Gasteiger partial charge on any atom is -0.367 e. The first-order chi connectivity index (χ1) is 14.3. The van der Waals surface area contributed by atoms with Crippen molar-refractivity contribution in [2.24, 2.45) is 11.3 Å². The molecule has 0 saturated carbocycles. The number of anilines is 1. The van der Waals surface area contributed by atoms with Crippen LogP contribution in [0.5, 0.6) is 0 Å². The zero-order chi connectivity index (χ0) is 21.7. The lowest BCUT2D eigenvalue weighted by Crippen LogP contribution is -2.51. The van der Waals surface area contributed by atoms with Gasteiger partial charge in [0.1, 0.15) is 0 Å². The number of hydroxylamine groups is 2. The van der Waals surface area contributed by atoms with E-state index in [-0.39, 0.29) is 11.9 Å². The number of carbonyl (C=O) groups is 2. The van der Waals surface area contributed by atoms with Crippen LogP contribution in [0.3, 0.4) is 0 Å². The van der Waals surface area contributed by atoms with Crippen LogP contribution in [0.15, 0.2) is 29.2 Å². The van der Waals surface area contributed by atoms with E-state index in [1.54, 1.807) is 11.8 Å². The highest BCUT2D eigenvalue weighted by Crippen LogP contribution is 2.25. The highest BCUT2D eigenvalue weighted by molar-refractivity contribution is 7.98. The van der Waals surface area contributed by atoms with Crippen molar-refractivity contribution in [1.29, 1.82) is 0 Å². The molecule has 2 heterocycles. The number of amides is 1. The molecule has 7 heteroatoms. The molecular formula is C23H35N3O3S. The summed E-state index contributed by atoms with van der Waals surface area (Å²) in [5.74, 6) is 0.643. The van der Waals surface area contributed by atoms with E-state index in [9.17, 15) is 9.59 Å². The third-order valence-corrected chi connectivity index (χ3v) is 6.68. The maximum absolute atomic E-state index is 12.7. The fraction of sp³-hybridized carbons (Fsp3) is 0.652. The van der Waals surface area contributed by atoms with Crippen molar-refractivity contribution in [3.05, 3.63) is 24.3 Å². The lowest BCUT2D eigenvalue weighted by Gasteiger charge is -2.36. The molecule has 0 atom stereocenters. The van der Waals surface area contributed by atoms with Crippen LogP contribution in [-0.4, -0.2) is 67.4 Å². The molecule has 2 aliphatic rings. The molecule has 1 aromatic carbocycles. The van der Waals surface area contributed by atoms with Crippen molar-refractivity contribution in [2.75, 3.05) is 50.4 Å². The summed E-state index contributed by atoms with van der Waals surface area (Å²) in [4.78, 5) is 35.6. The molecule has 0 aromatic heterocycles. The first kappa shape index (κ1) is 23.1. The molecule has 6 nitrogen and oxygen atoms in total. The van der Waals surface area contributed by atoms with Crippen LogP contribution in [-0.2, 0) is 14.4 Å². The molecule has 0 N–H and O–H groups in total. The van der Waals surface area contributed by atoms with E-state index in [0.717, 1.165) is 57.7 Å². The summed E-state index contributed by atoms with van der Waals surface area (Å²) in [5.41, 5.74) is 0.525. The van der Waals surface area contributed by atoms with Gasteiger partial charge in [0, 0.05) is 36.8 Å².